The molecule has 19 heavy (non-hydrogen) atoms. The Hall–Kier alpha value is -1.14. The highest BCUT2D eigenvalue weighted by Crippen LogP contribution is 2.16. The smallest absolute Gasteiger partial charge is 0.243 e. The molecule has 0 saturated carbocycles. The van der Waals surface area contributed by atoms with Crippen molar-refractivity contribution in [2.75, 3.05) is 25.1 Å². The van der Waals surface area contributed by atoms with Gasteiger partial charge in [0.05, 0.1) is 11.1 Å². The summed E-state index contributed by atoms with van der Waals surface area (Å²) in [5.41, 5.74) is 0.811. The second kappa shape index (κ2) is 6.86. The molecule has 2 aromatic rings. The Labute approximate surface area is 121 Å². The van der Waals surface area contributed by atoms with Crippen LogP contribution in [0.5, 0.6) is 0 Å². The van der Waals surface area contributed by atoms with E-state index < -0.39 is 0 Å². The number of hydrogen-bond acceptors (Lipinski definition) is 4. The van der Waals surface area contributed by atoms with Gasteiger partial charge in [-0.1, -0.05) is 13.8 Å². The summed E-state index contributed by atoms with van der Waals surface area (Å²) in [6, 6.07) is 3.87. The van der Waals surface area contributed by atoms with Crippen LogP contribution in [-0.2, 0) is 4.74 Å². The molecule has 0 saturated heterocycles. The lowest BCUT2D eigenvalue weighted by Gasteiger charge is -2.06. The van der Waals surface area contributed by atoms with E-state index in [2.05, 4.69) is 45.2 Å². The van der Waals surface area contributed by atoms with Crippen molar-refractivity contribution in [2.24, 2.45) is 5.92 Å². The van der Waals surface area contributed by atoms with E-state index in [-0.39, 0.29) is 0 Å². The molecule has 1 N–H and O–H groups in total. The fourth-order valence-electron chi connectivity index (χ4n) is 1.60. The summed E-state index contributed by atoms with van der Waals surface area (Å²) in [7, 11) is 0. The lowest BCUT2D eigenvalue weighted by molar-refractivity contribution is 0.132. The van der Waals surface area contributed by atoms with E-state index in [4.69, 9.17) is 4.74 Å². The number of pyridine rings is 1. The SMILES string of the molecule is CC(C)CCOCCNc1nc2c(Br)cccn2n1. The van der Waals surface area contributed by atoms with Gasteiger partial charge >= 0.3 is 0 Å². The third-order valence-electron chi connectivity index (χ3n) is 2.68. The van der Waals surface area contributed by atoms with Gasteiger partial charge in [0, 0.05) is 19.3 Å². The molecule has 0 aromatic carbocycles. The standard InChI is InChI=1S/C13H19BrN4O/c1-10(2)5-8-19-9-6-15-13-16-12-11(14)4-3-7-18(12)17-13/h3-4,7,10H,5-6,8-9H2,1-2H3,(H,15,17). The summed E-state index contributed by atoms with van der Waals surface area (Å²) < 4.78 is 8.21. The summed E-state index contributed by atoms with van der Waals surface area (Å²) in [6.07, 6.45) is 2.97. The fourth-order valence-corrected chi connectivity index (χ4v) is 2.03. The molecule has 0 atom stereocenters. The van der Waals surface area contributed by atoms with Crippen molar-refractivity contribution in [1.29, 1.82) is 0 Å². The highest BCUT2D eigenvalue weighted by Gasteiger charge is 2.05. The maximum atomic E-state index is 5.53. The first-order chi connectivity index (χ1) is 9.16. The number of aromatic nitrogens is 3. The number of rotatable bonds is 7. The number of hydrogen-bond donors (Lipinski definition) is 1. The quantitative estimate of drug-likeness (QED) is 0.795. The number of fused-ring (bicyclic) bond motifs is 1. The van der Waals surface area contributed by atoms with Crippen molar-refractivity contribution in [2.45, 2.75) is 20.3 Å². The van der Waals surface area contributed by atoms with Crippen LogP contribution < -0.4 is 5.32 Å². The van der Waals surface area contributed by atoms with Gasteiger partial charge in [-0.2, -0.15) is 4.98 Å². The molecule has 2 rings (SSSR count). The van der Waals surface area contributed by atoms with Crippen molar-refractivity contribution in [3.05, 3.63) is 22.8 Å². The second-order valence-corrected chi connectivity index (χ2v) is 5.64. The van der Waals surface area contributed by atoms with Crippen LogP contribution in [-0.4, -0.2) is 34.4 Å². The van der Waals surface area contributed by atoms with Gasteiger partial charge in [-0.05, 0) is 40.4 Å². The minimum absolute atomic E-state index is 0.624. The van der Waals surface area contributed by atoms with Crippen LogP contribution in [0, 0.1) is 5.92 Å². The van der Waals surface area contributed by atoms with Crippen LogP contribution in [0.4, 0.5) is 5.95 Å². The zero-order valence-corrected chi connectivity index (χ0v) is 12.9. The largest absolute Gasteiger partial charge is 0.380 e. The van der Waals surface area contributed by atoms with Gasteiger partial charge in [-0.25, -0.2) is 4.52 Å². The topological polar surface area (TPSA) is 51.5 Å². The Kier molecular flexibility index (Phi) is 5.15. The van der Waals surface area contributed by atoms with Crippen molar-refractivity contribution in [1.82, 2.24) is 14.6 Å². The monoisotopic (exact) mass is 326 g/mol. The van der Waals surface area contributed by atoms with E-state index in [0.717, 1.165) is 23.1 Å². The molecule has 0 spiro atoms. The second-order valence-electron chi connectivity index (χ2n) is 4.78. The van der Waals surface area contributed by atoms with Crippen LogP contribution >= 0.6 is 15.9 Å². The van der Waals surface area contributed by atoms with Crippen LogP contribution in [0.25, 0.3) is 5.65 Å². The predicted molar refractivity (Wildman–Crippen MR) is 79.5 cm³/mol. The predicted octanol–water partition coefficient (Wildman–Crippen LogP) is 2.97. The van der Waals surface area contributed by atoms with Crippen LogP contribution in [0.2, 0.25) is 0 Å². The van der Waals surface area contributed by atoms with Crippen LogP contribution in [0.3, 0.4) is 0 Å². The fraction of sp³-hybridized carbons (Fsp3) is 0.538. The third kappa shape index (κ3) is 4.18. The maximum absolute atomic E-state index is 5.53. The van der Waals surface area contributed by atoms with Gasteiger partial charge in [-0.3, -0.25) is 0 Å². The summed E-state index contributed by atoms with van der Waals surface area (Å²) in [4.78, 5) is 4.40. The molecule has 5 nitrogen and oxygen atoms in total. The lowest BCUT2D eigenvalue weighted by Crippen LogP contribution is -2.11. The van der Waals surface area contributed by atoms with Crippen molar-refractivity contribution in [3.63, 3.8) is 0 Å². The van der Waals surface area contributed by atoms with E-state index in [1.165, 1.54) is 0 Å². The number of ether oxygens (including phenoxy) is 1. The molecular formula is C13H19BrN4O. The summed E-state index contributed by atoms with van der Waals surface area (Å²) in [5, 5.41) is 7.49. The molecule has 0 fully saturated rings. The van der Waals surface area contributed by atoms with Crippen LogP contribution in [0.15, 0.2) is 22.8 Å². The molecule has 0 aliphatic carbocycles. The molecule has 6 heteroatoms. The van der Waals surface area contributed by atoms with Gasteiger partial charge in [0.2, 0.25) is 5.95 Å². The summed E-state index contributed by atoms with van der Waals surface area (Å²) in [6.45, 7) is 6.58. The number of nitrogens with zero attached hydrogens (tertiary/aromatic N) is 3. The van der Waals surface area contributed by atoms with Gasteiger partial charge in [0.15, 0.2) is 5.65 Å². The van der Waals surface area contributed by atoms with Gasteiger partial charge in [-0.15, -0.1) is 5.10 Å². The zero-order chi connectivity index (χ0) is 13.7. The maximum Gasteiger partial charge on any atom is 0.243 e. The van der Waals surface area contributed by atoms with Crippen molar-refractivity contribution < 1.29 is 4.74 Å². The molecule has 0 aliphatic heterocycles. The Bertz CT molecular complexity index is 526. The van der Waals surface area contributed by atoms with E-state index in [0.29, 0.717) is 25.0 Å². The first kappa shape index (κ1) is 14.3. The average molecular weight is 327 g/mol. The Morgan fingerprint density at radius 1 is 1.42 bits per heavy atom. The molecule has 0 unspecified atom stereocenters. The summed E-state index contributed by atoms with van der Waals surface area (Å²) in [5.74, 6) is 1.31. The van der Waals surface area contributed by atoms with E-state index in [1.807, 2.05) is 18.3 Å². The minimum Gasteiger partial charge on any atom is -0.380 e. The molecule has 2 heterocycles. The molecule has 0 radical (unpaired) electrons. The van der Waals surface area contributed by atoms with Crippen molar-refractivity contribution >= 4 is 27.5 Å². The van der Waals surface area contributed by atoms with Gasteiger partial charge < -0.3 is 10.1 Å². The highest BCUT2D eigenvalue weighted by atomic mass is 79.9. The lowest BCUT2D eigenvalue weighted by atomic mass is 10.1. The Morgan fingerprint density at radius 3 is 3.00 bits per heavy atom. The van der Waals surface area contributed by atoms with Crippen molar-refractivity contribution in [3.8, 4) is 0 Å². The zero-order valence-electron chi connectivity index (χ0n) is 11.3. The Morgan fingerprint density at radius 2 is 2.26 bits per heavy atom. The molecular weight excluding hydrogens is 308 g/mol. The van der Waals surface area contributed by atoms with E-state index in [1.54, 1.807) is 4.52 Å². The number of halogens is 1. The van der Waals surface area contributed by atoms with Gasteiger partial charge in [0.1, 0.15) is 0 Å². The highest BCUT2D eigenvalue weighted by molar-refractivity contribution is 9.10. The van der Waals surface area contributed by atoms with Crippen LogP contribution in [0.1, 0.15) is 20.3 Å². The molecule has 0 aliphatic rings. The molecule has 0 bridgehead atoms. The normalized spacial score (nSPS) is 11.4. The van der Waals surface area contributed by atoms with E-state index in [9.17, 15) is 0 Å². The minimum atomic E-state index is 0.624. The first-order valence-electron chi connectivity index (χ1n) is 6.49. The average Bonchev–Trinajstić information content (AvgIpc) is 2.78. The molecule has 104 valence electrons. The van der Waals surface area contributed by atoms with Gasteiger partial charge in [0.25, 0.3) is 0 Å². The van der Waals surface area contributed by atoms with E-state index >= 15 is 0 Å². The summed E-state index contributed by atoms with van der Waals surface area (Å²) >= 11 is 3.45. The Balaban J connectivity index is 1.77. The number of nitrogens with one attached hydrogen (secondary N) is 1. The first-order valence-corrected chi connectivity index (χ1v) is 7.28. The molecule has 0 amide bonds. The molecule has 2 aromatic heterocycles. The third-order valence-corrected chi connectivity index (χ3v) is 3.30. The number of anilines is 1.